The highest BCUT2D eigenvalue weighted by molar-refractivity contribution is 6.33. The molecule has 0 atom stereocenters. The van der Waals surface area contributed by atoms with Gasteiger partial charge in [0, 0.05) is 10.9 Å². The molecular formula is C17H11ClO5. The van der Waals surface area contributed by atoms with Gasteiger partial charge in [-0.1, -0.05) is 23.7 Å². The van der Waals surface area contributed by atoms with Gasteiger partial charge in [0.1, 0.15) is 11.5 Å². The van der Waals surface area contributed by atoms with E-state index in [0.29, 0.717) is 10.6 Å². The summed E-state index contributed by atoms with van der Waals surface area (Å²) in [5.74, 6) is 0.0262. The zero-order valence-corrected chi connectivity index (χ0v) is 13.1. The van der Waals surface area contributed by atoms with Crippen LogP contribution < -0.4 is 11.3 Å². The van der Waals surface area contributed by atoms with Crippen molar-refractivity contribution >= 4 is 28.2 Å². The Morgan fingerprint density at radius 1 is 1.09 bits per heavy atom. The highest BCUT2D eigenvalue weighted by atomic mass is 35.5. The summed E-state index contributed by atoms with van der Waals surface area (Å²) in [6.07, 6.45) is 0. The summed E-state index contributed by atoms with van der Waals surface area (Å²) in [7, 11) is 0. The third-order valence-electron chi connectivity index (χ3n) is 3.51. The maximum absolute atomic E-state index is 12.2. The number of carbonyl (C=O) groups excluding carboxylic acids is 1. The molecule has 0 bridgehead atoms. The Morgan fingerprint density at radius 3 is 2.39 bits per heavy atom. The third-order valence-corrected chi connectivity index (χ3v) is 3.84. The number of rotatable bonds is 2. The van der Waals surface area contributed by atoms with E-state index in [9.17, 15) is 14.4 Å². The van der Waals surface area contributed by atoms with Gasteiger partial charge in [0.2, 0.25) is 0 Å². The fraction of sp³-hybridized carbons (Fsp3) is 0.118. The molecule has 0 saturated carbocycles. The minimum absolute atomic E-state index is 0.158. The maximum atomic E-state index is 12.2. The summed E-state index contributed by atoms with van der Waals surface area (Å²) in [6.45, 7) is 2.84. The first-order valence-electron chi connectivity index (χ1n) is 6.77. The molecule has 0 aliphatic carbocycles. The highest BCUT2D eigenvalue weighted by Crippen LogP contribution is 2.29. The molecule has 0 amide bonds. The van der Waals surface area contributed by atoms with Gasteiger partial charge in [-0.15, -0.1) is 0 Å². The Morgan fingerprint density at radius 2 is 1.74 bits per heavy atom. The van der Waals surface area contributed by atoms with Crippen molar-refractivity contribution in [3.05, 3.63) is 67.5 Å². The van der Waals surface area contributed by atoms with Crippen molar-refractivity contribution < 1.29 is 13.6 Å². The van der Waals surface area contributed by atoms with E-state index in [0.717, 1.165) is 0 Å². The van der Waals surface area contributed by atoms with E-state index in [2.05, 4.69) is 0 Å². The van der Waals surface area contributed by atoms with E-state index in [-0.39, 0.29) is 33.6 Å². The second-order valence-electron chi connectivity index (χ2n) is 5.04. The van der Waals surface area contributed by atoms with Crippen LogP contribution in [-0.4, -0.2) is 5.78 Å². The van der Waals surface area contributed by atoms with Gasteiger partial charge in [0.25, 0.3) is 0 Å². The van der Waals surface area contributed by atoms with Crippen LogP contribution in [0.15, 0.2) is 48.8 Å². The summed E-state index contributed by atoms with van der Waals surface area (Å²) < 4.78 is 10.2. The van der Waals surface area contributed by atoms with E-state index in [4.69, 9.17) is 20.4 Å². The standard InChI is InChI=1S/C17H11ClO5/c1-8(19)14-9(2)22-16(20)15-11(14)7-13(23-17(15)21)10-5-3-4-6-12(10)18/h3-7H,1-2H3. The van der Waals surface area contributed by atoms with Gasteiger partial charge in [-0.25, -0.2) is 9.59 Å². The first-order chi connectivity index (χ1) is 10.9. The molecule has 116 valence electrons. The van der Waals surface area contributed by atoms with Crippen LogP contribution in [0.5, 0.6) is 0 Å². The normalized spacial score (nSPS) is 10.9. The number of Topliss-reactive ketones (excluding diaryl/α,β-unsaturated/α-hetero) is 1. The van der Waals surface area contributed by atoms with Crippen LogP contribution in [0, 0.1) is 6.92 Å². The van der Waals surface area contributed by atoms with E-state index in [1.807, 2.05) is 0 Å². The topological polar surface area (TPSA) is 77.5 Å². The van der Waals surface area contributed by atoms with Gasteiger partial charge >= 0.3 is 11.3 Å². The van der Waals surface area contributed by atoms with Gasteiger partial charge in [-0.05, 0) is 32.0 Å². The number of aryl methyl sites for hydroxylation is 1. The SMILES string of the molecule is CC(=O)c1c(C)oc(=O)c2c(=O)oc(-c3ccccc3Cl)cc12. The largest absolute Gasteiger partial charge is 0.427 e. The van der Waals surface area contributed by atoms with E-state index in [1.54, 1.807) is 24.3 Å². The molecule has 3 rings (SSSR count). The predicted molar refractivity (Wildman–Crippen MR) is 86.2 cm³/mol. The molecule has 6 heteroatoms. The molecule has 0 aliphatic heterocycles. The van der Waals surface area contributed by atoms with Crippen LogP contribution in [0.25, 0.3) is 22.1 Å². The Labute approximate surface area is 135 Å². The number of benzene rings is 1. The van der Waals surface area contributed by atoms with E-state index in [1.165, 1.54) is 19.9 Å². The Bertz CT molecular complexity index is 1060. The van der Waals surface area contributed by atoms with Crippen molar-refractivity contribution in [2.24, 2.45) is 0 Å². The second kappa shape index (κ2) is 5.52. The van der Waals surface area contributed by atoms with Gasteiger partial charge in [-0.3, -0.25) is 4.79 Å². The lowest BCUT2D eigenvalue weighted by Crippen LogP contribution is -2.16. The second-order valence-corrected chi connectivity index (χ2v) is 5.45. The molecule has 23 heavy (non-hydrogen) atoms. The van der Waals surface area contributed by atoms with Gasteiger partial charge < -0.3 is 8.83 Å². The number of carbonyl (C=O) groups is 1. The zero-order chi connectivity index (χ0) is 16.7. The average Bonchev–Trinajstić information content (AvgIpc) is 2.46. The van der Waals surface area contributed by atoms with Crippen molar-refractivity contribution in [1.29, 1.82) is 0 Å². The Balaban J connectivity index is 2.49. The van der Waals surface area contributed by atoms with Gasteiger partial charge in [0.15, 0.2) is 11.2 Å². The Hall–Kier alpha value is -2.66. The van der Waals surface area contributed by atoms with E-state index >= 15 is 0 Å². The van der Waals surface area contributed by atoms with Crippen LogP contribution in [0.1, 0.15) is 23.0 Å². The van der Waals surface area contributed by atoms with Crippen LogP contribution in [0.3, 0.4) is 0 Å². The van der Waals surface area contributed by atoms with Crippen molar-refractivity contribution in [3.8, 4) is 11.3 Å². The molecule has 0 unspecified atom stereocenters. The summed E-state index contributed by atoms with van der Waals surface area (Å²) in [4.78, 5) is 36.1. The minimum Gasteiger partial charge on any atom is -0.427 e. The first-order valence-corrected chi connectivity index (χ1v) is 7.15. The first kappa shape index (κ1) is 15.2. The Kier molecular flexibility index (Phi) is 3.66. The molecule has 0 fully saturated rings. The van der Waals surface area contributed by atoms with Crippen LogP contribution in [0.2, 0.25) is 5.02 Å². The van der Waals surface area contributed by atoms with Gasteiger partial charge in [-0.2, -0.15) is 0 Å². The third kappa shape index (κ3) is 2.49. The van der Waals surface area contributed by atoms with Crippen molar-refractivity contribution in [2.75, 3.05) is 0 Å². The molecular weight excluding hydrogens is 320 g/mol. The molecule has 0 spiro atoms. The fourth-order valence-electron chi connectivity index (χ4n) is 2.55. The molecule has 0 aliphatic rings. The van der Waals surface area contributed by atoms with Crippen molar-refractivity contribution in [2.45, 2.75) is 13.8 Å². The number of halogens is 1. The van der Waals surface area contributed by atoms with E-state index < -0.39 is 11.3 Å². The lowest BCUT2D eigenvalue weighted by molar-refractivity contribution is 0.101. The number of fused-ring (bicyclic) bond motifs is 1. The van der Waals surface area contributed by atoms with Crippen molar-refractivity contribution in [1.82, 2.24) is 0 Å². The molecule has 2 aromatic heterocycles. The van der Waals surface area contributed by atoms with Crippen LogP contribution >= 0.6 is 11.6 Å². The van der Waals surface area contributed by atoms with Crippen LogP contribution in [-0.2, 0) is 0 Å². The molecule has 1 aromatic carbocycles. The zero-order valence-electron chi connectivity index (χ0n) is 12.3. The van der Waals surface area contributed by atoms with Gasteiger partial charge in [0.05, 0.1) is 10.6 Å². The molecule has 0 N–H and O–H groups in total. The summed E-state index contributed by atoms with van der Waals surface area (Å²) in [5, 5.41) is 0.313. The maximum Gasteiger partial charge on any atom is 0.351 e. The molecule has 0 saturated heterocycles. The number of hydrogen-bond donors (Lipinski definition) is 0. The molecule has 2 heterocycles. The molecule has 0 radical (unpaired) electrons. The summed E-state index contributed by atoms with van der Waals surface area (Å²) in [5.41, 5.74) is -1.02. The lowest BCUT2D eigenvalue weighted by atomic mass is 10.0. The molecule has 5 nitrogen and oxygen atoms in total. The summed E-state index contributed by atoms with van der Waals surface area (Å²) >= 11 is 6.12. The van der Waals surface area contributed by atoms with Crippen molar-refractivity contribution in [3.63, 3.8) is 0 Å². The monoisotopic (exact) mass is 330 g/mol. The predicted octanol–water partition coefficient (Wildman–Crippen LogP) is 3.58. The average molecular weight is 331 g/mol. The molecule has 3 aromatic rings. The highest BCUT2D eigenvalue weighted by Gasteiger charge is 2.20. The quantitative estimate of drug-likeness (QED) is 0.671. The summed E-state index contributed by atoms with van der Waals surface area (Å²) in [6, 6.07) is 8.28. The lowest BCUT2D eigenvalue weighted by Gasteiger charge is -2.07. The smallest absolute Gasteiger partial charge is 0.351 e. The number of ketones is 1. The minimum atomic E-state index is -0.867. The number of hydrogen-bond acceptors (Lipinski definition) is 5. The van der Waals surface area contributed by atoms with Crippen LogP contribution in [0.4, 0.5) is 0 Å². The fourth-order valence-corrected chi connectivity index (χ4v) is 2.77.